The van der Waals surface area contributed by atoms with Crippen LogP contribution in [0.1, 0.15) is 18.4 Å². The Bertz CT molecular complexity index is 293. The highest BCUT2D eigenvalue weighted by Crippen LogP contribution is 2.10. The van der Waals surface area contributed by atoms with Crippen LogP contribution in [0, 0.1) is 0 Å². The largest absolute Gasteiger partial charge is 0.372 e. The number of nitrogens with two attached hydrogens (primary N) is 1. The molecule has 1 saturated heterocycles. The second-order valence-corrected chi connectivity index (χ2v) is 4.43. The van der Waals surface area contributed by atoms with Gasteiger partial charge in [0.2, 0.25) is 0 Å². The van der Waals surface area contributed by atoms with Crippen LogP contribution >= 0.6 is 11.6 Å². The first kappa shape index (κ1) is 10.9. The van der Waals surface area contributed by atoms with Crippen LogP contribution in [0.15, 0.2) is 24.3 Å². The second kappa shape index (κ2) is 5.50. The van der Waals surface area contributed by atoms with Crippen molar-refractivity contribution in [3.63, 3.8) is 0 Å². The van der Waals surface area contributed by atoms with Crippen molar-refractivity contribution in [2.45, 2.75) is 25.5 Å². The molecule has 0 bridgehead atoms. The third kappa shape index (κ3) is 3.49. The van der Waals surface area contributed by atoms with Gasteiger partial charge in [-0.3, -0.25) is 0 Å². The molecule has 0 radical (unpaired) electrons. The van der Waals surface area contributed by atoms with Crippen LogP contribution in [0.2, 0.25) is 5.02 Å². The maximum Gasteiger partial charge on any atom is 0.106 e. The van der Waals surface area contributed by atoms with Crippen LogP contribution in [0.4, 0.5) is 0 Å². The van der Waals surface area contributed by atoms with Gasteiger partial charge in [0.1, 0.15) is 19.2 Å². The molecule has 2 rings (SSSR count). The number of benzene rings is 1. The topological polar surface area (TPSA) is 25.8 Å². The first-order chi connectivity index (χ1) is 7.34. The summed E-state index contributed by atoms with van der Waals surface area (Å²) in [6, 6.07) is 8.04. The molecule has 2 nitrogen and oxygen atoms in total. The van der Waals surface area contributed by atoms with Crippen LogP contribution in [0.25, 0.3) is 0 Å². The van der Waals surface area contributed by atoms with E-state index in [2.05, 4.69) is 17.4 Å². The van der Waals surface area contributed by atoms with Crippen molar-refractivity contribution in [3.05, 3.63) is 34.9 Å². The van der Waals surface area contributed by atoms with Crippen LogP contribution in [-0.2, 0) is 11.3 Å². The van der Waals surface area contributed by atoms with Crippen molar-refractivity contribution in [2.24, 2.45) is 0 Å². The Morgan fingerprint density at radius 1 is 1.33 bits per heavy atom. The first-order valence-electron chi connectivity index (χ1n) is 5.52. The molecule has 1 aliphatic heterocycles. The van der Waals surface area contributed by atoms with Gasteiger partial charge in [-0.15, -0.1) is 0 Å². The number of rotatable bonds is 4. The molecule has 0 aliphatic carbocycles. The molecule has 1 atom stereocenters. The molecule has 0 unspecified atom stereocenters. The normalized spacial score (nSPS) is 20.7. The zero-order chi connectivity index (χ0) is 10.5. The monoisotopic (exact) mass is 226 g/mol. The van der Waals surface area contributed by atoms with Crippen molar-refractivity contribution in [2.75, 3.05) is 13.2 Å². The summed E-state index contributed by atoms with van der Waals surface area (Å²) in [6.45, 7) is 3.03. The van der Waals surface area contributed by atoms with Crippen LogP contribution in [0.5, 0.6) is 0 Å². The van der Waals surface area contributed by atoms with Crippen molar-refractivity contribution in [1.82, 2.24) is 0 Å². The van der Waals surface area contributed by atoms with Crippen molar-refractivity contribution in [1.29, 1.82) is 0 Å². The Hall–Kier alpha value is -0.570. The molecular weight excluding hydrogens is 210 g/mol. The lowest BCUT2D eigenvalue weighted by Crippen LogP contribution is -2.84. The third-order valence-electron chi connectivity index (χ3n) is 2.75. The first-order valence-corrected chi connectivity index (χ1v) is 5.90. The summed E-state index contributed by atoms with van der Waals surface area (Å²) >= 11 is 5.82. The maximum absolute atomic E-state index is 5.82. The minimum absolute atomic E-state index is 0.470. The van der Waals surface area contributed by atoms with Crippen molar-refractivity contribution < 1.29 is 10.1 Å². The van der Waals surface area contributed by atoms with Gasteiger partial charge in [0.25, 0.3) is 0 Å². The fourth-order valence-electron chi connectivity index (χ4n) is 1.89. The van der Waals surface area contributed by atoms with Crippen molar-refractivity contribution >= 4 is 11.6 Å². The zero-order valence-electron chi connectivity index (χ0n) is 8.79. The average Bonchev–Trinajstić information content (AvgIpc) is 2.74. The Balaban J connectivity index is 1.71. The molecule has 2 N–H and O–H groups in total. The predicted molar refractivity (Wildman–Crippen MR) is 60.9 cm³/mol. The molecule has 1 aromatic rings. The molecule has 82 valence electrons. The summed E-state index contributed by atoms with van der Waals surface area (Å²) in [6.07, 6.45) is 2.91. The Morgan fingerprint density at radius 3 is 2.80 bits per heavy atom. The minimum Gasteiger partial charge on any atom is -0.372 e. The molecule has 15 heavy (non-hydrogen) atoms. The van der Waals surface area contributed by atoms with E-state index >= 15 is 0 Å². The number of hydrogen-bond acceptors (Lipinski definition) is 1. The summed E-state index contributed by atoms with van der Waals surface area (Å²) < 4.78 is 5.56. The van der Waals surface area contributed by atoms with Crippen molar-refractivity contribution in [3.8, 4) is 0 Å². The van der Waals surface area contributed by atoms with E-state index in [9.17, 15) is 0 Å². The molecule has 0 spiro atoms. The number of halogens is 1. The van der Waals surface area contributed by atoms with Gasteiger partial charge in [-0.1, -0.05) is 23.7 Å². The van der Waals surface area contributed by atoms with Gasteiger partial charge >= 0.3 is 0 Å². The summed E-state index contributed by atoms with van der Waals surface area (Å²) in [4.78, 5) is 0. The molecular formula is C12H17ClNO+. The van der Waals surface area contributed by atoms with E-state index < -0.39 is 0 Å². The van der Waals surface area contributed by atoms with Gasteiger partial charge < -0.3 is 10.1 Å². The minimum atomic E-state index is 0.470. The van der Waals surface area contributed by atoms with E-state index in [1.54, 1.807) is 0 Å². The second-order valence-electron chi connectivity index (χ2n) is 3.99. The highest BCUT2D eigenvalue weighted by atomic mass is 35.5. The van der Waals surface area contributed by atoms with Crippen LogP contribution in [-0.4, -0.2) is 19.3 Å². The van der Waals surface area contributed by atoms with E-state index in [-0.39, 0.29) is 0 Å². The lowest BCUT2D eigenvalue weighted by molar-refractivity contribution is -0.676. The smallest absolute Gasteiger partial charge is 0.106 e. The summed E-state index contributed by atoms with van der Waals surface area (Å²) in [5.41, 5.74) is 1.32. The van der Waals surface area contributed by atoms with Gasteiger partial charge in [-0.25, -0.2) is 0 Å². The Labute approximate surface area is 95.6 Å². The Morgan fingerprint density at radius 2 is 2.13 bits per heavy atom. The number of ether oxygens (including phenoxy) is 1. The molecule has 3 heteroatoms. The lowest BCUT2D eigenvalue weighted by atomic mass is 10.2. The maximum atomic E-state index is 5.82. The summed E-state index contributed by atoms with van der Waals surface area (Å²) in [7, 11) is 0. The van der Waals surface area contributed by atoms with E-state index in [4.69, 9.17) is 16.3 Å². The number of quaternary nitrogens is 1. The van der Waals surface area contributed by atoms with Crippen LogP contribution in [0.3, 0.4) is 0 Å². The van der Waals surface area contributed by atoms with E-state index in [1.807, 2.05) is 12.1 Å². The molecule has 0 aromatic heterocycles. The highest BCUT2D eigenvalue weighted by molar-refractivity contribution is 6.30. The zero-order valence-corrected chi connectivity index (χ0v) is 9.54. The van der Waals surface area contributed by atoms with Gasteiger partial charge in [-0.05, 0) is 25.0 Å². The molecule has 1 heterocycles. The SMILES string of the molecule is Clc1ccc(C[NH2+]C[C@H]2CCCO2)cc1. The molecule has 0 saturated carbocycles. The number of hydrogen-bond donors (Lipinski definition) is 1. The van der Waals surface area contributed by atoms with Gasteiger partial charge in [0.15, 0.2) is 0 Å². The predicted octanol–water partition coefficient (Wildman–Crippen LogP) is 1.58. The quantitative estimate of drug-likeness (QED) is 0.829. The third-order valence-corrected chi connectivity index (χ3v) is 3.00. The lowest BCUT2D eigenvalue weighted by Gasteiger charge is -2.07. The average molecular weight is 227 g/mol. The fraction of sp³-hybridized carbons (Fsp3) is 0.500. The van der Waals surface area contributed by atoms with E-state index in [0.29, 0.717) is 6.10 Å². The summed E-state index contributed by atoms with van der Waals surface area (Å²) in [5, 5.41) is 3.11. The van der Waals surface area contributed by atoms with Gasteiger partial charge in [-0.2, -0.15) is 0 Å². The van der Waals surface area contributed by atoms with E-state index in [1.165, 1.54) is 18.4 Å². The molecule has 0 amide bonds. The Kier molecular flexibility index (Phi) is 4.01. The summed E-state index contributed by atoms with van der Waals surface area (Å²) in [5.74, 6) is 0. The standard InChI is InChI=1S/C12H16ClNO/c13-11-5-3-10(4-6-11)8-14-9-12-2-1-7-15-12/h3-6,12,14H,1-2,7-9H2/p+1/t12-/m1/s1. The van der Waals surface area contributed by atoms with Gasteiger partial charge in [0, 0.05) is 17.2 Å². The highest BCUT2D eigenvalue weighted by Gasteiger charge is 2.16. The van der Waals surface area contributed by atoms with Crippen LogP contribution < -0.4 is 5.32 Å². The molecule has 1 aliphatic rings. The molecule has 1 aromatic carbocycles. The fourth-order valence-corrected chi connectivity index (χ4v) is 2.01. The van der Waals surface area contributed by atoms with Gasteiger partial charge in [0.05, 0.1) is 0 Å². The van der Waals surface area contributed by atoms with E-state index in [0.717, 1.165) is 24.7 Å². The molecule has 1 fully saturated rings.